The minimum absolute atomic E-state index is 0.188. The molecular weight excluding hydrogens is 322 g/mol. The maximum atomic E-state index is 11.0. The van der Waals surface area contributed by atoms with Gasteiger partial charge in [0.15, 0.2) is 0 Å². The highest BCUT2D eigenvalue weighted by molar-refractivity contribution is 9.10. The number of carbonyl (C=O) groups is 1. The first-order valence-corrected chi connectivity index (χ1v) is 7.09. The predicted molar refractivity (Wildman–Crippen MR) is 81.4 cm³/mol. The van der Waals surface area contributed by atoms with Crippen molar-refractivity contribution in [3.05, 3.63) is 28.2 Å². The largest absolute Gasteiger partial charge is 0.481 e. The van der Waals surface area contributed by atoms with Gasteiger partial charge in [0.05, 0.1) is 7.11 Å². The number of rotatable bonds is 8. The van der Waals surface area contributed by atoms with Crippen LogP contribution in [0.3, 0.4) is 0 Å². The summed E-state index contributed by atoms with van der Waals surface area (Å²) in [4.78, 5) is 11.0. The molecule has 108 valence electrons. The Labute approximate surface area is 128 Å². The summed E-state index contributed by atoms with van der Waals surface area (Å²) in [5.41, 5.74) is 1.02. The molecule has 0 aromatic heterocycles. The highest BCUT2D eigenvalue weighted by Crippen LogP contribution is 2.23. The summed E-state index contributed by atoms with van der Waals surface area (Å²) >= 11 is 3.43. The second kappa shape index (κ2) is 9.40. The van der Waals surface area contributed by atoms with Crippen LogP contribution in [0, 0.1) is 12.3 Å². The molecule has 1 rings (SSSR count). The molecule has 0 aliphatic heterocycles. The number of ether oxygens (including phenoxy) is 2. The third-order valence-corrected chi connectivity index (χ3v) is 3.10. The maximum Gasteiger partial charge on any atom is 0.305 e. The lowest BCUT2D eigenvalue weighted by atomic mass is 10.2. The standard InChI is InChI=1S/C15H18BrNO3/c1-3-9-20-14-7-6-13(16)10-12(14)11-17-8-4-5-15(18)19-2/h1,6-7,10,17H,4-5,8-9,11H2,2H3. The zero-order valence-electron chi connectivity index (χ0n) is 11.4. The fraction of sp³-hybridized carbons (Fsp3) is 0.400. The van der Waals surface area contributed by atoms with E-state index >= 15 is 0 Å². The Hall–Kier alpha value is -1.51. The van der Waals surface area contributed by atoms with Crippen LogP contribution in [-0.2, 0) is 16.1 Å². The Bertz CT molecular complexity index is 482. The molecule has 0 atom stereocenters. The van der Waals surface area contributed by atoms with Gasteiger partial charge in [0.1, 0.15) is 12.4 Å². The van der Waals surface area contributed by atoms with Gasteiger partial charge >= 0.3 is 5.97 Å². The molecular formula is C15H18BrNO3. The zero-order chi connectivity index (χ0) is 14.8. The number of terminal acetylenes is 1. The van der Waals surface area contributed by atoms with Crippen molar-refractivity contribution < 1.29 is 14.3 Å². The van der Waals surface area contributed by atoms with Crippen molar-refractivity contribution in [1.82, 2.24) is 5.32 Å². The second-order valence-corrected chi connectivity index (χ2v) is 5.02. The number of carbonyl (C=O) groups excluding carboxylic acids is 1. The van der Waals surface area contributed by atoms with E-state index in [0.29, 0.717) is 13.0 Å². The summed E-state index contributed by atoms with van der Waals surface area (Å²) in [7, 11) is 1.40. The lowest BCUT2D eigenvalue weighted by Crippen LogP contribution is -2.17. The van der Waals surface area contributed by atoms with E-state index in [2.05, 4.69) is 31.9 Å². The summed E-state index contributed by atoms with van der Waals surface area (Å²) < 4.78 is 11.0. The van der Waals surface area contributed by atoms with E-state index in [0.717, 1.165) is 28.8 Å². The van der Waals surface area contributed by atoms with Crippen molar-refractivity contribution in [3.8, 4) is 18.1 Å². The first kappa shape index (κ1) is 16.5. The number of nitrogens with one attached hydrogen (secondary N) is 1. The minimum Gasteiger partial charge on any atom is -0.481 e. The summed E-state index contributed by atoms with van der Waals surface area (Å²) in [5.74, 6) is 3.03. The van der Waals surface area contributed by atoms with E-state index in [1.807, 2.05) is 18.2 Å². The number of benzene rings is 1. The number of methoxy groups -OCH3 is 1. The zero-order valence-corrected chi connectivity index (χ0v) is 13.0. The van der Waals surface area contributed by atoms with Gasteiger partial charge in [0.2, 0.25) is 0 Å². The Morgan fingerprint density at radius 3 is 3.00 bits per heavy atom. The van der Waals surface area contributed by atoms with Crippen molar-refractivity contribution in [2.75, 3.05) is 20.3 Å². The van der Waals surface area contributed by atoms with E-state index in [4.69, 9.17) is 11.2 Å². The summed E-state index contributed by atoms with van der Waals surface area (Å²) in [5, 5.41) is 3.26. The fourth-order valence-corrected chi connectivity index (χ4v) is 2.04. The minimum atomic E-state index is -0.188. The van der Waals surface area contributed by atoms with E-state index in [-0.39, 0.29) is 12.6 Å². The van der Waals surface area contributed by atoms with Crippen molar-refractivity contribution in [2.24, 2.45) is 0 Å². The number of esters is 1. The molecule has 0 radical (unpaired) electrons. The Morgan fingerprint density at radius 2 is 2.30 bits per heavy atom. The van der Waals surface area contributed by atoms with E-state index in [1.54, 1.807) is 0 Å². The highest BCUT2D eigenvalue weighted by Gasteiger charge is 2.05. The van der Waals surface area contributed by atoms with Crippen molar-refractivity contribution >= 4 is 21.9 Å². The van der Waals surface area contributed by atoms with Gasteiger partial charge in [-0.25, -0.2) is 0 Å². The van der Waals surface area contributed by atoms with Gasteiger partial charge in [0, 0.05) is 23.0 Å². The SMILES string of the molecule is C#CCOc1ccc(Br)cc1CNCCCC(=O)OC. The smallest absolute Gasteiger partial charge is 0.305 e. The normalized spacial score (nSPS) is 9.85. The van der Waals surface area contributed by atoms with Crippen molar-refractivity contribution in [2.45, 2.75) is 19.4 Å². The maximum absolute atomic E-state index is 11.0. The van der Waals surface area contributed by atoms with Gasteiger partial charge in [-0.1, -0.05) is 21.9 Å². The van der Waals surface area contributed by atoms with Crippen LogP contribution in [-0.4, -0.2) is 26.2 Å². The number of hydrogen-bond donors (Lipinski definition) is 1. The van der Waals surface area contributed by atoms with Gasteiger partial charge in [-0.3, -0.25) is 4.79 Å². The van der Waals surface area contributed by atoms with E-state index in [9.17, 15) is 4.79 Å². The molecule has 0 saturated heterocycles. The quantitative estimate of drug-likeness (QED) is 0.449. The second-order valence-electron chi connectivity index (χ2n) is 4.10. The molecule has 4 nitrogen and oxygen atoms in total. The van der Waals surface area contributed by atoms with Crippen LogP contribution in [0.5, 0.6) is 5.75 Å². The number of halogens is 1. The molecule has 0 spiro atoms. The molecule has 0 amide bonds. The summed E-state index contributed by atoms with van der Waals surface area (Å²) in [6.07, 6.45) is 6.35. The van der Waals surface area contributed by atoms with E-state index in [1.165, 1.54) is 7.11 Å². The Morgan fingerprint density at radius 1 is 1.50 bits per heavy atom. The topological polar surface area (TPSA) is 47.6 Å². The molecule has 0 aliphatic carbocycles. The predicted octanol–water partition coefficient (Wildman–Crippen LogP) is 2.50. The lowest BCUT2D eigenvalue weighted by molar-refractivity contribution is -0.140. The summed E-state index contributed by atoms with van der Waals surface area (Å²) in [6, 6.07) is 5.78. The van der Waals surface area contributed by atoms with Gasteiger partial charge in [-0.2, -0.15) is 0 Å². The van der Waals surface area contributed by atoms with Crippen molar-refractivity contribution in [1.29, 1.82) is 0 Å². The molecule has 0 heterocycles. The van der Waals surface area contributed by atoms with Gasteiger partial charge in [-0.15, -0.1) is 6.42 Å². The van der Waals surface area contributed by atoms with Gasteiger partial charge < -0.3 is 14.8 Å². The van der Waals surface area contributed by atoms with Crippen LogP contribution in [0.25, 0.3) is 0 Å². The van der Waals surface area contributed by atoms with Gasteiger partial charge in [-0.05, 0) is 31.2 Å². The third kappa shape index (κ3) is 6.09. The third-order valence-electron chi connectivity index (χ3n) is 2.61. The Kier molecular flexibility index (Phi) is 7.78. The van der Waals surface area contributed by atoms with Crippen LogP contribution in [0.2, 0.25) is 0 Å². The average Bonchev–Trinajstić information content (AvgIpc) is 2.45. The first-order valence-electron chi connectivity index (χ1n) is 6.29. The summed E-state index contributed by atoms with van der Waals surface area (Å²) in [6.45, 7) is 1.63. The van der Waals surface area contributed by atoms with Crippen molar-refractivity contribution in [3.63, 3.8) is 0 Å². The van der Waals surface area contributed by atoms with Crippen LogP contribution in [0.1, 0.15) is 18.4 Å². The van der Waals surface area contributed by atoms with Gasteiger partial charge in [0.25, 0.3) is 0 Å². The monoisotopic (exact) mass is 339 g/mol. The van der Waals surface area contributed by atoms with Crippen LogP contribution >= 0.6 is 15.9 Å². The molecule has 0 saturated carbocycles. The van der Waals surface area contributed by atoms with Crippen LogP contribution in [0.15, 0.2) is 22.7 Å². The van der Waals surface area contributed by atoms with E-state index < -0.39 is 0 Å². The molecule has 5 heteroatoms. The molecule has 1 aromatic carbocycles. The molecule has 0 aliphatic rings. The molecule has 1 aromatic rings. The highest BCUT2D eigenvalue weighted by atomic mass is 79.9. The van der Waals surface area contributed by atoms with Crippen LogP contribution < -0.4 is 10.1 Å². The number of hydrogen-bond acceptors (Lipinski definition) is 4. The first-order chi connectivity index (χ1) is 9.67. The average molecular weight is 340 g/mol. The Balaban J connectivity index is 2.43. The fourth-order valence-electron chi connectivity index (χ4n) is 1.63. The molecule has 0 unspecified atom stereocenters. The molecule has 20 heavy (non-hydrogen) atoms. The van der Waals surface area contributed by atoms with Crippen LogP contribution in [0.4, 0.5) is 0 Å². The molecule has 0 bridgehead atoms. The molecule has 0 fully saturated rings. The molecule has 1 N–H and O–H groups in total. The lowest BCUT2D eigenvalue weighted by Gasteiger charge is -2.11.